The minimum atomic E-state index is 0.262. The first kappa shape index (κ1) is 15.3. The molecule has 3 atom stereocenters. The first-order valence-electron chi connectivity index (χ1n) is 7.74. The molecule has 0 spiro atoms. The molecule has 0 saturated carbocycles. The summed E-state index contributed by atoms with van der Waals surface area (Å²) in [5, 5.41) is 3.43. The highest BCUT2D eigenvalue weighted by molar-refractivity contribution is 5.30. The van der Waals surface area contributed by atoms with Crippen molar-refractivity contribution >= 4 is 0 Å². The van der Waals surface area contributed by atoms with Gasteiger partial charge in [0.1, 0.15) is 11.9 Å². The zero-order valence-electron chi connectivity index (χ0n) is 13.1. The van der Waals surface area contributed by atoms with Crippen molar-refractivity contribution in [3.05, 3.63) is 29.8 Å². The maximum Gasteiger partial charge on any atom is 0.120 e. The maximum absolute atomic E-state index is 6.16. The topological polar surface area (TPSA) is 30.5 Å². The van der Waals surface area contributed by atoms with Crippen molar-refractivity contribution in [2.24, 2.45) is 0 Å². The highest BCUT2D eigenvalue weighted by atomic mass is 16.5. The molecule has 1 N–H and O–H groups in total. The van der Waals surface area contributed by atoms with Gasteiger partial charge in [-0.3, -0.25) is 0 Å². The van der Waals surface area contributed by atoms with Crippen LogP contribution in [-0.2, 0) is 4.74 Å². The lowest BCUT2D eigenvalue weighted by atomic mass is 10.0. The monoisotopic (exact) mass is 277 g/mol. The van der Waals surface area contributed by atoms with Gasteiger partial charge in [-0.05, 0) is 45.0 Å². The summed E-state index contributed by atoms with van der Waals surface area (Å²) in [4.78, 5) is 0. The number of rotatable bonds is 5. The van der Waals surface area contributed by atoms with Crippen molar-refractivity contribution in [1.29, 1.82) is 0 Å². The van der Waals surface area contributed by atoms with Gasteiger partial charge < -0.3 is 14.8 Å². The van der Waals surface area contributed by atoms with Crippen LogP contribution in [0.15, 0.2) is 24.3 Å². The minimum Gasteiger partial charge on any atom is -0.490 e. The van der Waals surface area contributed by atoms with Crippen molar-refractivity contribution in [2.75, 3.05) is 6.54 Å². The van der Waals surface area contributed by atoms with Crippen LogP contribution in [0.2, 0.25) is 0 Å². The van der Waals surface area contributed by atoms with E-state index in [2.05, 4.69) is 51.2 Å². The van der Waals surface area contributed by atoms with E-state index in [0.29, 0.717) is 6.04 Å². The van der Waals surface area contributed by atoms with Crippen molar-refractivity contribution in [3.63, 3.8) is 0 Å². The van der Waals surface area contributed by atoms with E-state index in [1.165, 1.54) is 5.56 Å². The van der Waals surface area contributed by atoms with Crippen LogP contribution in [-0.4, -0.2) is 24.9 Å². The first-order chi connectivity index (χ1) is 9.58. The lowest BCUT2D eigenvalue weighted by molar-refractivity contribution is -0.0721. The fourth-order valence-corrected chi connectivity index (χ4v) is 2.91. The Bertz CT molecular complexity index is 411. The van der Waals surface area contributed by atoms with Crippen molar-refractivity contribution in [3.8, 4) is 5.75 Å². The Morgan fingerprint density at radius 2 is 2.00 bits per heavy atom. The molecule has 1 heterocycles. The van der Waals surface area contributed by atoms with Gasteiger partial charge >= 0.3 is 0 Å². The zero-order chi connectivity index (χ0) is 14.5. The Balaban J connectivity index is 2.00. The largest absolute Gasteiger partial charge is 0.490 e. The molecule has 1 aliphatic rings. The van der Waals surface area contributed by atoms with Gasteiger partial charge in [0.2, 0.25) is 0 Å². The lowest BCUT2D eigenvalue weighted by Crippen LogP contribution is -2.35. The van der Waals surface area contributed by atoms with Crippen LogP contribution in [0, 0.1) is 0 Å². The van der Waals surface area contributed by atoms with Gasteiger partial charge in [0, 0.05) is 18.9 Å². The predicted molar refractivity (Wildman–Crippen MR) is 82.2 cm³/mol. The predicted octanol–water partition coefficient (Wildman–Crippen LogP) is 3.69. The van der Waals surface area contributed by atoms with E-state index in [-0.39, 0.29) is 18.3 Å². The first-order valence-corrected chi connectivity index (χ1v) is 7.74. The van der Waals surface area contributed by atoms with Gasteiger partial charge in [-0.15, -0.1) is 0 Å². The van der Waals surface area contributed by atoms with Crippen LogP contribution in [0.5, 0.6) is 5.75 Å². The van der Waals surface area contributed by atoms with Crippen LogP contribution in [0.25, 0.3) is 0 Å². The highest BCUT2D eigenvalue weighted by Gasteiger charge is 2.25. The number of hydrogen-bond donors (Lipinski definition) is 1. The molecule has 1 saturated heterocycles. The average Bonchev–Trinajstić information content (AvgIpc) is 2.38. The summed E-state index contributed by atoms with van der Waals surface area (Å²) < 4.78 is 11.9. The number of nitrogens with one attached hydrogen (secondary N) is 1. The second-order valence-electron chi connectivity index (χ2n) is 5.82. The molecule has 1 fully saturated rings. The molecule has 0 amide bonds. The third kappa shape index (κ3) is 4.22. The number of hydrogen-bond acceptors (Lipinski definition) is 3. The summed E-state index contributed by atoms with van der Waals surface area (Å²) in [7, 11) is 0. The number of ether oxygens (including phenoxy) is 2. The Kier molecular flexibility index (Phi) is 5.44. The third-order valence-corrected chi connectivity index (χ3v) is 3.83. The summed E-state index contributed by atoms with van der Waals surface area (Å²) in [5.41, 5.74) is 1.28. The third-order valence-electron chi connectivity index (χ3n) is 3.83. The zero-order valence-corrected chi connectivity index (χ0v) is 13.1. The normalized spacial score (nSPS) is 28.1. The van der Waals surface area contributed by atoms with Crippen LogP contribution >= 0.6 is 0 Å². The highest BCUT2D eigenvalue weighted by Crippen LogP contribution is 2.26. The molecule has 112 valence electrons. The van der Waals surface area contributed by atoms with Crippen molar-refractivity contribution < 1.29 is 9.47 Å². The molecule has 3 nitrogen and oxygen atoms in total. The average molecular weight is 277 g/mol. The van der Waals surface area contributed by atoms with E-state index < -0.39 is 0 Å². The van der Waals surface area contributed by atoms with E-state index in [0.717, 1.165) is 25.1 Å². The molecule has 1 aromatic carbocycles. The summed E-state index contributed by atoms with van der Waals surface area (Å²) >= 11 is 0. The number of benzene rings is 1. The van der Waals surface area contributed by atoms with Gasteiger partial charge in [0.25, 0.3) is 0 Å². The molecule has 0 bridgehead atoms. The Hall–Kier alpha value is -1.06. The van der Waals surface area contributed by atoms with Gasteiger partial charge in [-0.1, -0.05) is 19.1 Å². The molecule has 20 heavy (non-hydrogen) atoms. The second-order valence-corrected chi connectivity index (χ2v) is 5.82. The van der Waals surface area contributed by atoms with Gasteiger partial charge in [-0.25, -0.2) is 0 Å². The van der Waals surface area contributed by atoms with E-state index in [9.17, 15) is 0 Å². The summed E-state index contributed by atoms with van der Waals surface area (Å²) in [6.45, 7) is 9.52. The quantitative estimate of drug-likeness (QED) is 0.890. The fraction of sp³-hybridized carbons (Fsp3) is 0.647. The Labute approximate surface area is 122 Å². The molecule has 3 heteroatoms. The molecule has 0 aromatic heterocycles. The SMILES string of the molecule is CCNC(C)c1cccc(OC2CC(C)OC(C)C2)c1. The second kappa shape index (κ2) is 7.09. The molecule has 1 aromatic rings. The van der Waals surface area contributed by atoms with Crippen molar-refractivity contribution in [1.82, 2.24) is 5.32 Å². The summed E-state index contributed by atoms with van der Waals surface area (Å²) in [6, 6.07) is 8.78. The van der Waals surface area contributed by atoms with Crippen LogP contribution in [0.3, 0.4) is 0 Å². The summed E-state index contributed by atoms with van der Waals surface area (Å²) in [5.74, 6) is 0.971. The van der Waals surface area contributed by atoms with Crippen LogP contribution < -0.4 is 10.1 Å². The summed E-state index contributed by atoms with van der Waals surface area (Å²) in [6.07, 6.45) is 2.77. The Morgan fingerprint density at radius 1 is 1.30 bits per heavy atom. The minimum absolute atomic E-state index is 0.262. The van der Waals surface area contributed by atoms with E-state index >= 15 is 0 Å². The molecule has 1 aliphatic heterocycles. The smallest absolute Gasteiger partial charge is 0.120 e. The van der Waals surface area contributed by atoms with Crippen LogP contribution in [0.4, 0.5) is 0 Å². The van der Waals surface area contributed by atoms with Gasteiger partial charge in [0.15, 0.2) is 0 Å². The molecule has 0 aliphatic carbocycles. The molecule has 0 radical (unpaired) electrons. The van der Waals surface area contributed by atoms with Crippen LogP contribution in [0.1, 0.15) is 52.1 Å². The molecular weight excluding hydrogens is 250 g/mol. The van der Waals surface area contributed by atoms with Crippen molar-refractivity contribution in [2.45, 2.75) is 64.9 Å². The lowest BCUT2D eigenvalue weighted by Gasteiger charge is -2.32. The fourth-order valence-electron chi connectivity index (χ4n) is 2.91. The maximum atomic E-state index is 6.16. The standard InChI is InChI=1S/C17H27NO2/c1-5-18-14(4)15-7-6-8-16(11-15)20-17-9-12(2)19-13(3)10-17/h6-8,11-14,17-18H,5,9-10H2,1-4H3. The van der Waals surface area contributed by atoms with E-state index in [4.69, 9.17) is 9.47 Å². The molecule has 2 rings (SSSR count). The van der Waals surface area contributed by atoms with E-state index in [1.54, 1.807) is 0 Å². The van der Waals surface area contributed by atoms with Gasteiger partial charge in [0.05, 0.1) is 12.2 Å². The molecular formula is C17H27NO2. The van der Waals surface area contributed by atoms with E-state index in [1.807, 2.05) is 6.07 Å². The Morgan fingerprint density at radius 3 is 2.65 bits per heavy atom. The van der Waals surface area contributed by atoms with Gasteiger partial charge in [-0.2, -0.15) is 0 Å². The molecule has 3 unspecified atom stereocenters.